The summed E-state index contributed by atoms with van der Waals surface area (Å²) in [5, 5.41) is 3.35. The number of anilines is 1. The van der Waals surface area contributed by atoms with Crippen LogP contribution in [0.4, 0.5) is 5.00 Å². The van der Waals surface area contributed by atoms with Crippen molar-refractivity contribution in [2.45, 2.75) is 51.6 Å². The Kier molecular flexibility index (Phi) is 7.44. The SMILES string of the molecule is COC(=O)c1c(NC(=O)C(C)OC(=O)c2ccnc(Cl)c2)sc2c1CCCCCC2. The summed E-state index contributed by atoms with van der Waals surface area (Å²) < 4.78 is 10.2. The van der Waals surface area contributed by atoms with Gasteiger partial charge in [0.1, 0.15) is 10.2 Å². The molecule has 2 heterocycles. The predicted octanol–water partition coefficient (Wildman–Crippen LogP) is 4.43. The molecule has 0 fully saturated rings. The fourth-order valence-corrected chi connectivity index (χ4v) is 4.80. The first kappa shape index (κ1) is 22.2. The van der Waals surface area contributed by atoms with Gasteiger partial charge in [-0.2, -0.15) is 0 Å². The molecule has 3 rings (SSSR count). The van der Waals surface area contributed by atoms with Gasteiger partial charge in [-0.1, -0.05) is 24.4 Å². The molecule has 30 heavy (non-hydrogen) atoms. The molecule has 7 nitrogen and oxygen atoms in total. The highest BCUT2D eigenvalue weighted by molar-refractivity contribution is 7.17. The Balaban J connectivity index is 1.77. The van der Waals surface area contributed by atoms with Crippen LogP contribution in [-0.4, -0.2) is 36.0 Å². The second-order valence-corrected chi connectivity index (χ2v) is 8.51. The molecule has 0 aromatic carbocycles. The van der Waals surface area contributed by atoms with E-state index < -0.39 is 23.9 Å². The second kappa shape index (κ2) is 10.0. The number of aryl methyl sites for hydroxylation is 1. The molecule has 0 spiro atoms. The first-order chi connectivity index (χ1) is 14.4. The molecule has 1 atom stereocenters. The van der Waals surface area contributed by atoms with Crippen molar-refractivity contribution in [3.8, 4) is 0 Å². The van der Waals surface area contributed by atoms with E-state index in [1.165, 1.54) is 43.7 Å². The third-order valence-electron chi connectivity index (χ3n) is 4.91. The highest BCUT2D eigenvalue weighted by Crippen LogP contribution is 2.37. The number of ether oxygens (including phenoxy) is 2. The van der Waals surface area contributed by atoms with E-state index in [4.69, 9.17) is 21.1 Å². The van der Waals surface area contributed by atoms with Gasteiger partial charge in [0.2, 0.25) is 0 Å². The van der Waals surface area contributed by atoms with E-state index in [0.717, 1.165) is 49.0 Å². The maximum Gasteiger partial charge on any atom is 0.341 e. The number of carbonyl (C=O) groups excluding carboxylic acids is 3. The molecule has 0 saturated carbocycles. The van der Waals surface area contributed by atoms with Gasteiger partial charge in [0.05, 0.1) is 18.2 Å². The molecule has 1 aliphatic carbocycles. The van der Waals surface area contributed by atoms with E-state index in [0.29, 0.717) is 10.6 Å². The number of rotatable bonds is 5. The lowest BCUT2D eigenvalue weighted by atomic mass is 9.96. The number of hydrogen-bond acceptors (Lipinski definition) is 7. The quantitative estimate of drug-likeness (QED) is 0.535. The lowest BCUT2D eigenvalue weighted by Crippen LogP contribution is -2.30. The average Bonchev–Trinajstić information content (AvgIpc) is 3.03. The normalized spacial score (nSPS) is 14.6. The summed E-state index contributed by atoms with van der Waals surface area (Å²) in [6.07, 6.45) is 6.26. The zero-order valence-corrected chi connectivity index (χ0v) is 18.4. The molecule has 1 N–H and O–H groups in total. The van der Waals surface area contributed by atoms with E-state index >= 15 is 0 Å². The number of esters is 2. The van der Waals surface area contributed by atoms with E-state index in [1.54, 1.807) is 0 Å². The number of nitrogens with one attached hydrogen (secondary N) is 1. The van der Waals surface area contributed by atoms with Crippen LogP contribution in [0.5, 0.6) is 0 Å². The number of fused-ring (bicyclic) bond motifs is 1. The lowest BCUT2D eigenvalue weighted by Gasteiger charge is -2.14. The number of carbonyl (C=O) groups is 3. The van der Waals surface area contributed by atoms with Crippen molar-refractivity contribution in [1.82, 2.24) is 4.98 Å². The Morgan fingerprint density at radius 1 is 1.17 bits per heavy atom. The average molecular weight is 451 g/mol. The molecule has 0 bridgehead atoms. The first-order valence-corrected chi connectivity index (χ1v) is 11.0. The Morgan fingerprint density at radius 2 is 1.90 bits per heavy atom. The fraction of sp³-hybridized carbons (Fsp3) is 0.429. The van der Waals surface area contributed by atoms with Crippen molar-refractivity contribution in [3.05, 3.63) is 45.1 Å². The summed E-state index contributed by atoms with van der Waals surface area (Å²) in [7, 11) is 1.32. The molecular formula is C21H23ClN2O5S. The van der Waals surface area contributed by atoms with Gasteiger partial charge in [-0.15, -0.1) is 11.3 Å². The summed E-state index contributed by atoms with van der Waals surface area (Å²) >= 11 is 7.18. The van der Waals surface area contributed by atoms with Crippen molar-refractivity contribution >= 4 is 45.8 Å². The number of thiophene rings is 1. The van der Waals surface area contributed by atoms with Crippen LogP contribution in [0.3, 0.4) is 0 Å². The minimum atomic E-state index is -1.07. The first-order valence-electron chi connectivity index (χ1n) is 9.77. The van der Waals surface area contributed by atoms with Gasteiger partial charge in [0.15, 0.2) is 6.10 Å². The smallest absolute Gasteiger partial charge is 0.341 e. The van der Waals surface area contributed by atoms with Gasteiger partial charge in [-0.3, -0.25) is 4.79 Å². The molecule has 2 aromatic heterocycles. The molecule has 0 radical (unpaired) electrons. The van der Waals surface area contributed by atoms with Crippen LogP contribution < -0.4 is 5.32 Å². The van der Waals surface area contributed by atoms with Crippen molar-refractivity contribution in [2.24, 2.45) is 0 Å². The van der Waals surface area contributed by atoms with E-state index in [9.17, 15) is 14.4 Å². The Hall–Kier alpha value is -2.45. The highest BCUT2D eigenvalue weighted by atomic mass is 35.5. The van der Waals surface area contributed by atoms with Crippen LogP contribution in [0.1, 0.15) is 63.8 Å². The molecule has 160 valence electrons. The molecule has 0 saturated heterocycles. The summed E-state index contributed by atoms with van der Waals surface area (Å²) in [5.74, 6) is -1.68. The molecule has 1 aliphatic rings. The molecule has 1 amide bonds. The van der Waals surface area contributed by atoms with Gasteiger partial charge < -0.3 is 14.8 Å². The number of methoxy groups -OCH3 is 1. The summed E-state index contributed by atoms with van der Waals surface area (Å²) in [4.78, 5) is 42.3. The zero-order chi connectivity index (χ0) is 21.7. The van der Waals surface area contributed by atoms with Crippen molar-refractivity contribution in [2.75, 3.05) is 12.4 Å². The van der Waals surface area contributed by atoms with Crippen LogP contribution in [-0.2, 0) is 27.1 Å². The standard InChI is InChI=1S/C21H23ClN2O5S/c1-12(29-20(26)13-9-10-23-16(22)11-13)18(25)24-19-17(21(27)28-2)14-7-5-3-4-6-8-15(14)30-19/h9-12H,3-8H2,1-2H3,(H,24,25). The van der Waals surface area contributed by atoms with Crippen LogP contribution >= 0.6 is 22.9 Å². The molecule has 2 aromatic rings. The van der Waals surface area contributed by atoms with E-state index in [2.05, 4.69) is 10.3 Å². The van der Waals surface area contributed by atoms with Crippen molar-refractivity contribution in [1.29, 1.82) is 0 Å². The number of halogens is 1. The van der Waals surface area contributed by atoms with Gasteiger partial charge >= 0.3 is 11.9 Å². The van der Waals surface area contributed by atoms with E-state index in [-0.39, 0.29) is 10.7 Å². The number of hydrogen-bond donors (Lipinski definition) is 1. The zero-order valence-electron chi connectivity index (χ0n) is 16.8. The summed E-state index contributed by atoms with van der Waals surface area (Å²) in [6.45, 7) is 1.47. The third-order valence-corrected chi connectivity index (χ3v) is 6.33. The lowest BCUT2D eigenvalue weighted by molar-refractivity contribution is -0.123. The second-order valence-electron chi connectivity index (χ2n) is 7.02. The Labute approximate surface area is 183 Å². The van der Waals surface area contributed by atoms with Crippen molar-refractivity contribution < 1.29 is 23.9 Å². The largest absolute Gasteiger partial charge is 0.465 e. The van der Waals surface area contributed by atoms with Crippen LogP contribution in [0.15, 0.2) is 18.3 Å². The third kappa shape index (κ3) is 5.17. The van der Waals surface area contributed by atoms with Gasteiger partial charge in [0, 0.05) is 11.1 Å². The molecule has 0 aliphatic heterocycles. The Morgan fingerprint density at radius 3 is 2.60 bits per heavy atom. The number of pyridine rings is 1. The maximum absolute atomic E-state index is 12.7. The monoisotopic (exact) mass is 450 g/mol. The predicted molar refractivity (Wildman–Crippen MR) is 114 cm³/mol. The Bertz CT molecular complexity index is 959. The number of amides is 1. The highest BCUT2D eigenvalue weighted by Gasteiger charge is 2.28. The summed E-state index contributed by atoms with van der Waals surface area (Å²) in [5.41, 5.74) is 1.56. The van der Waals surface area contributed by atoms with Gasteiger partial charge in [0.25, 0.3) is 5.91 Å². The van der Waals surface area contributed by atoms with E-state index in [1.807, 2.05) is 0 Å². The topological polar surface area (TPSA) is 94.6 Å². The molecule has 1 unspecified atom stereocenters. The fourth-order valence-electron chi connectivity index (χ4n) is 3.35. The summed E-state index contributed by atoms with van der Waals surface area (Å²) in [6, 6.07) is 2.82. The number of aromatic nitrogens is 1. The number of nitrogens with zero attached hydrogens (tertiary/aromatic N) is 1. The minimum absolute atomic E-state index is 0.153. The van der Waals surface area contributed by atoms with Crippen LogP contribution in [0, 0.1) is 0 Å². The van der Waals surface area contributed by atoms with Crippen LogP contribution in [0.2, 0.25) is 5.15 Å². The molecule has 9 heteroatoms. The van der Waals surface area contributed by atoms with Gasteiger partial charge in [-0.05, 0) is 50.3 Å². The minimum Gasteiger partial charge on any atom is -0.465 e. The van der Waals surface area contributed by atoms with Gasteiger partial charge in [-0.25, -0.2) is 14.6 Å². The maximum atomic E-state index is 12.7. The van der Waals surface area contributed by atoms with Crippen molar-refractivity contribution in [3.63, 3.8) is 0 Å². The molecular weight excluding hydrogens is 428 g/mol. The van der Waals surface area contributed by atoms with Crippen LogP contribution in [0.25, 0.3) is 0 Å².